The van der Waals surface area contributed by atoms with Crippen LogP contribution in [0.4, 0.5) is 0 Å². The largest absolute Gasteiger partial charge is 0.378 e. The summed E-state index contributed by atoms with van der Waals surface area (Å²) in [4.78, 5) is 0. The number of piperidine rings is 1. The highest BCUT2D eigenvalue weighted by molar-refractivity contribution is 4.75. The Labute approximate surface area is 80.2 Å². The third kappa shape index (κ3) is 2.93. The van der Waals surface area contributed by atoms with Crippen molar-refractivity contribution in [3.63, 3.8) is 0 Å². The second kappa shape index (κ2) is 4.94. The maximum Gasteiger partial charge on any atom is 0.0643 e. The molecule has 3 nitrogen and oxygen atoms in total. The van der Waals surface area contributed by atoms with E-state index < -0.39 is 0 Å². The van der Waals surface area contributed by atoms with Crippen LogP contribution in [0.2, 0.25) is 0 Å². The van der Waals surface area contributed by atoms with Gasteiger partial charge in [0, 0.05) is 0 Å². The molecule has 3 heteroatoms. The highest BCUT2D eigenvalue weighted by Gasteiger charge is 2.18. The normalized spacial score (nSPS) is 30.0. The first-order chi connectivity index (χ1) is 6.45. The van der Waals surface area contributed by atoms with Crippen molar-refractivity contribution in [2.75, 3.05) is 32.8 Å². The van der Waals surface area contributed by atoms with Gasteiger partial charge in [-0.15, -0.1) is 0 Å². The molecule has 2 heterocycles. The molecule has 13 heavy (non-hydrogen) atoms. The van der Waals surface area contributed by atoms with Crippen molar-refractivity contribution in [3.8, 4) is 0 Å². The van der Waals surface area contributed by atoms with E-state index in [4.69, 9.17) is 4.74 Å². The Bertz CT molecular complexity index is 142. The molecule has 0 radical (unpaired) electrons. The standard InChI is InChI=1S/C10H20N2O/c1-2-9(6-11-4-1)3-5-12-10-7-13-8-10/h9-12H,1-8H2. The first kappa shape index (κ1) is 9.44. The Balaban J connectivity index is 1.50. The van der Waals surface area contributed by atoms with Crippen LogP contribution in [-0.2, 0) is 4.74 Å². The lowest BCUT2D eigenvalue weighted by Gasteiger charge is -2.28. The zero-order chi connectivity index (χ0) is 8.93. The summed E-state index contributed by atoms with van der Waals surface area (Å²) < 4.78 is 5.10. The molecular formula is C10H20N2O. The van der Waals surface area contributed by atoms with E-state index in [1.165, 1.54) is 38.9 Å². The van der Waals surface area contributed by atoms with Crippen LogP contribution in [0.25, 0.3) is 0 Å². The number of hydrogen-bond donors (Lipinski definition) is 2. The third-order valence-electron chi connectivity index (χ3n) is 3.02. The molecule has 2 aliphatic rings. The quantitative estimate of drug-likeness (QED) is 0.662. The van der Waals surface area contributed by atoms with Crippen molar-refractivity contribution in [3.05, 3.63) is 0 Å². The van der Waals surface area contributed by atoms with E-state index >= 15 is 0 Å². The van der Waals surface area contributed by atoms with Gasteiger partial charge in [-0.05, 0) is 44.8 Å². The molecule has 0 spiro atoms. The van der Waals surface area contributed by atoms with Gasteiger partial charge < -0.3 is 15.4 Å². The van der Waals surface area contributed by atoms with Crippen molar-refractivity contribution in [1.29, 1.82) is 0 Å². The molecule has 2 saturated heterocycles. The zero-order valence-corrected chi connectivity index (χ0v) is 8.22. The summed E-state index contributed by atoms with van der Waals surface area (Å²) in [7, 11) is 0. The van der Waals surface area contributed by atoms with Crippen molar-refractivity contribution in [1.82, 2.24) is 10.6 Å². The van der Waals surface area contributed by atoms with Crippen LogP contribution >= 0.6 is 0 Å². The fraction of sp³-hybridized carbons (Fsp3) is 1.00. The first-order valence-corrected chi connectivity index (χ1v) is 5.47. The summed E-state index contributed by atoms with van der Waals surface area (Å²) in [5.74, 6) is 0.905. The van der Waals surface area contributed by atoms with Gasteiger partial charge in [0.1, 0.15) is 0 Å². The number of ether oxygens (including phenoxy) is 1. The molecule has 2 N–H and O–H groups in total. The van der Waals surface area contributed by atoms with Gasteiger partial charge >= 0.3 is 0 Å². The number of nitrogens with one attached hydrogen (secondary N) is 2. The van der Waals surface area contributed by atoms with Crippen LogP contribution in [-0.4, -0.2) is 38.9 Å². The second-order valence-corrected chi connectivity index (χ2v) is 4.19. The minimum Gasteiger partial charge on any atom is -0.378 e. The minimum atomic E-state index is 0.650. The summed E-state index contributed by atoms with van der Waals surface area (Å²) in [6, 6.07) is 0.650. The van der Waals surface area contributed by atoms with Gasteiger partial charge in [0.15, 0.2) is 0 Å². The molecule has 0 aromatic heterocycles. The Morgan fingerprint density at radius 2 is 2.31 bits per heavy atom. The minimum absolute atomic E-state index is 0.650. The average molecular weight is 184 g/mol. The van der Waals surface area contributed by atoms with Crippen LogP contribution < -0.4 is 10.6 Å². The summed E-state index contributed by atoms with van der Waals surface area (Å²) in [6.07, 6.45) is 4.09. The Morgan fingerprint density at radius 3 is 2.92 bits per heavy atom. The molecule has 0 aromatic rings. The average Bonchev–Trinajstić information content (AvgIpc) is 2.11. The summed E-state index contributed by atoms with van der Waals surface area (Å²) in [6.45, 7) is 5.45. The maximum absolute atomic E-state index is 5.10. The van der Waals surface area contributed by atoms with Gasteiger partial charge in [-0.2, -0.15) is 0 Å². The SMILES string of the molecule is C1CNCC(CCNC2COC2)C1. The smallest absolute Gasteiger partial charge is 0.0643 e. The highest BCUT2D eigenvalue weighted by Crippen LogP contribution is 2.13. The van der Waals surface area contributed by atoms with Gasteiger partial charge in [0.25, 0.3) is 0 Å². The molecule has 0 saturated carbocycles. The van der Waals surface area contributed by atoms with Gasteiger partial charge in [-0.1, -0.05) is 0 Å². The number of rotatable bonds is 4. The molecule has 2 aliphatic heterocycles. The molecule has 1 unspecified atom stereocenters. The van der Waals surface area contributed by atoms with Crippen LogP contribution in [0.5, 0.6) is 0 Å². The van der Waals surface area contributed by atoms with Crippen molar-refractivity contribution < 1.29 is 4.74 Å². The second-order valence-electron chi connectivity index (χ2n) is 4.19. The Kier molecular flexibility index (Phi) is 3.58. The van der Waals surface area contributed by atoms with Crippen molar-refractivity contribution >= 4 is 0 Å². The van der Waals surface area contributed by atoms with E-state index in [0.717, 1.165) is 19.1 Å². The van der Waals surface area contributed by atoms with E-state index in [1.54, 1.807) is 0 Å². The molecule has 0 bridgehead atoms. The molecule has 1 atom stereocenters. The predicted molar refractivity (Wildman–Crippen MR) is 52.8 cm³/mol. The lowest BCUT2D eigenvalue weighted by atomic mass is 9.96. The fourth-order valence-corrected chi connectivity index (χ4v) is 2.02. The van der Waals surface area contributed by atoms with Gasteiger partial charge in [-0.3, -0.25) is 0 Å². The Morgan fingerprint density at radius 1 is 1.38 bits per heavy atom. The first-order valence-electron chi connectivity index (χ1n) is 5.47. The summed E-state index contributed by atoms with van der Waals surface area (Å²) in [5.41, 5.74) is 0. The van der Waals surface area contributed by atoms with E-state index in [2.05, 4.69) is 10.6 Å². The monoisotopic (exact) mass is 184 g/mol. The molecule has 0 amide bonds. The van der Waals surface area contributed by atoms with Crippen molar-refractivity contribution in [2.45, 2.75) is 25.3 Å². The fourth-order valence-electron chi connectivity index (χ4n) is 2.02. The van der Waals surface area contributed by atoms with E-state index in [9.17, 15) is 0 Å². The molecular weight excluding hydrogens is 164 g/mol. The maximum atomic E-state index is 5.10. The van der Waals surface area contributed by atoms with Crippen LogP contribution in [0, 0.1) is 5.92 Å². The van der Waals surface area contributed by atoms with Gasteiger partial charge in [0.2, 0.25) is 0 Å². The molecule has 2 fully saturated rings. The summed E-state index contributed by atoms with van der Waals surface area (Å²) >= 11 is 0. The van der Waals surface area contributed by atoms with E-state index in [0.29, 0.717) is 6.04 Å². The van der Waals surface area contributed by atoms with E-state index in [1.807, 2.05) is 0 Å². The van der Waals surface area contributed by atoms with Gasteiger partial charge in [0.05, 0.1) is 19.3 Å². The third-order valence-corrected chi connectivity index (χ3v) is 3.02. The Hall–Kier alpha value is -0.120. The highest BCUT2D eigenvalue weighted by atomic mass is 16.5. The van der Waals surface area contributed by atoms with Crippen LogP contribution in [0.15, 0.2) is 0 Å². The number of hydrogen-bond acceptors (Lipinski definition) is 3. The zero-order valence-electron chi connectivity index (χ0n) is 8.22. The molecule has 0 aliphatic carbocycles. The topological polar surface area (TPSA) is 33.3 Å². The van der Waals surface area contributed by atoms with Crippen LogP contribution in [0.3, 0.4) is 0 Å². The lowest BCUT2D eigenvalue weighted by molar-refractivity contribution is -0.00543. The van der Waals surface area contributed by atoms with Crippen molar-refractivity contribution in [2.24, 2.45) is 5.92 Å². The van der Waals surface area contributed by atoms with E-state index in [-0.39, 0.29) is 0 Å². The molecule has 0 aromatic carbocycles. The van der Waals surface area contributed by atoms with Crippen LogP contribution in [0.1, 0.15) is 19.3 Å². The molecule has 76 valence electrons. The summed E-state index contributed by atoms with van der Waals surface area (Å²) in [5, 5.41) is 6.96. The molecule has 2 rings (SSSR count). The van der Waals surface area contributed by atoms with Gasteiger partial charge in [-0.25, -0.2) is 0 Å². The lowest BCUT2D eigenvalue weighted by Crippen LogP contribution is -2.46. The predicted octanol–water partition coefficient (Wildman–Crippen LogP) is 0.364.